The molecule has 230 valence electrons. The third kappa shape index (κ3) is 8.11. The SMILES string of the molecule is CC(C)(C)OC(=O)N[C@H]1CCCCC/C=C\[C@@H]2C[C@@]2(C(=O)NS(=O)(=O)Cc2ccccc2)NC(=O)[C@@H]2CCCN2C1=O. The predicted molar refractivity (Wildman–Crippen MR) is 156 cm³/mol. The number of fused-ring (bicyclic) bond motifs is 2. The molecule has 4 rings (SSSR count). The molecule has 1 aliphatic carbocycles. The molecule has 0 bridgehead atoms. The van der Waals surface area contributed by atoms with Gasteiger partial charge in [-0.1, -0.05) is 55.3 Å². The number of hydrogen-bond donors (Lipinski definition) is 3. The highest BCUT2D eigenvalue weighted by atomic mass is 32.2. The predicted octanol–water partition coefficient (Wildman–Crippen LogP) is 2.91. The molecule has 0 unspecified atom stereocenters. The smallest absolute Gasteiger partial charge is 0.408 e. The normalized spacial score (nSPS) is 27.8. The quantitative estimate of drug-likeness (QED) is 0.439. The van der Waals surface area contributed by atoms with Gasteiger partial charge in [0, 0.05) is 12.5 Å². The second-order valence-electron chi connectivity index (χ2n) is 12.4. The number of alkyl carbamates (subject to hydrolysis) is 1. The average molecular weight is 603 g/mol. The number of carbonyl (C=O) groups is 4. The number of amides is 4. The summed E-state index contributed by atoms with van der Waals surface area (Å²) in [6.07, 6.45) is 7.82. The van der Waals surface area contributed by atoms with Gasteiger partial charge in [0.2, 0.25) is 21.8 Å². The molecule has 0 radical (unpaired) electrons. The molecule has 3 aliphatic rings. The third-order valence-electron chi connectivity index (χ3n) is 7.77. The lowest BCUT2D eigenvalue weighted by Crippen LogP contribution is -2.58. The van der Waals surface area contributed by atoms with Crippen molar-refractivity contribution in [2.75, 3.05) is 6.54 Å². The standard InChI is InChI=1S/C30H42N4O7S/c1-29(2,3)41-28(38)31-23-16-11-6-4-5-10-15-22-19-30(22,32-25(35)24-17-12-18-34(24)26(23)36)27(37)33-42(39,40)20-21-13-8-7-9-14-21/h7-10,13-15,22-24H,4-6,11-12,16-20H2,1-3H3,(H,31,38)(H,32,35)(H,33,37)/b15-10-/t22-,23+,24+,30-/m1/s1. The number of ether oxygens (including phenoxy) is 1. The van der Waals surface area contributed by atoms with Crippen LogP contribution in [0.1, 0.15) is 77.7 Å². The number of nitrogens with one attached hydrogen (secondary N) is 3. The molecule has 1 aromatic rings. The Morgan fingerprint density at radius 1 is 1.07 bits per heavy atom. The van der Waals surface area contributed by atoms with Gasteiger partial charge < -0.3 is 20.3 Å². The van der Waals surface area contributed by atoms with Gasteiger partial charge in [0.15, 0.2) is 0 Å². The fraction of sp³-hybridized carbons (Fsp3) is 0.600. The molecule has 1 saturated carbocycles. The molecule has 12 heteroatoms. The van der Waals surface area contributed by atoms with Crippen LogP contribution in [-0.4, -0.2) is 66.9 Å². The van der Waals surface area contributed by atoms with Gasteiger partial charge in [0.05, 0.1) is 5.75 Å². The van der Waals surface area contributed by atoms with Crippen LogP contribution in [0.3, 0.4) is 0 Å². The van der Waals surface area contributed by atoms with E-state index >= 15 is 0 Å². The number of benzene rings is 1. The molecule has 1 saturated heterocycles. The largest absolute Gasteiger partial charge is 0.444 e. The second-order valence-corrected chi connectivity index (χ2v) is 14.1. The summed E-state index contributed by atoms with van der Waals surface area (Å²) >= 11 is 0. The van der Waals surface area contributed by atoms with Crippen LogP contribution in [0.5, 0.6) is 0 Å². The van der Waals surface area contributed by atoms with Gasteiger partial charge >= 0.3 is 6.09 Å². The van der Waals surface area contributed by atoms with Crippen molar-refractivity contribution in [3.63, 3.8) is 0 Å². The van der Waals surface area contributed by atoms with Crippen LogP contribution in [0.15, 0.2) is 42.5 Å². The van der Waals surface area contributed by atoms with E-state index in [4.69, 9.17) is 4.74 Å². The molecule has 0 aromatic heterocycles. The Kier molecular flexibility index (Phi) is 9.64. The zero-order valence-electron chi connectivity index (χ0n) is 24.6. The monoisotopic (exact) mass is 602 g/mol. The highest BCUT2D eigenvalue weighted by Gasteiger charge is 2.61. The molecule has 4 amide bonds. The maximum absolute atomic E-state index is 13.7. The van der Waals surface area contributed by atoms with E-state index in [0.717, 1.165) is 19.3 Å². The maximum Gasteiger partial charge on any atom is 0.408 e. The van der Waals surface area contributed by atoms with Gasteiger partial charge in [0.1, 0.15) is 23.2 Å². The fourth-order valence-corrected chi connectivity index (χ4v) is 6.77. The number of rotatable bonds is 5. The van der Waals surface area contributed by atoms with Crippen molar-refractivity contribution in [1.82, 2.24) is 20.3 Å². The second kappa shape index (κ2) is 12.8. The van der Waals surface area contributed by atoms with Crippen molar-refractivity contribution in [3.05, 3.63) is 48.0 Å². The molecule has 2 heterocycles. The maximum atomic E-state index is 13.7. The fourth-order valence-electron chi connectivity index (χ4n) is 5.61. The van der Waals surface area contributed by atoms with Crippen molar-refractivity contribution >= 4 is 33.8 Å². The van der Waals surface area contributed by atoms with Gasteiger partial charge in [-0.05, 0) is 64.9 Å². The Bertz CT molecular complexity index is 1310. The van der Waals surface area contributed by atoms with Crippen molar-refractivity contribution in [2.45, 2.75) is 101 Å². The minimum Gasteiger partial charge on any atom is -0.444 e. The number of hydrogen-bond acceptors (Lipinski definition) is 7. The number of carbonyl (C=O) groups excluding carboxylic acids is 4. The topological polar surface area (TPSA) is 151 Å². The summed E-state index contributed by atoms with van der Waals surface area (Å²) in [5, 5.41) is 5.53. The molecular weight excluding hydrogens is 560 g/mol. The first-order valence-electron chi connectivity index (χ1n) is 14.7. The lowest BCUT2D eigenvalue weighted by Gasteiger charge is -2.30. The first kappa shape index (κ1) is 31.5. The van der Waals surface area contributed by atoms with Crippen LogP contribution >= 0.6 is 0 Å². The zero-order chi connectivity index (χ0) is 30.5. The average Bonchev–Trinajstić information content (AvgIpc) is 3.35. The van der Waals surface area contributed by atoms with Crippen molar-refractivity contribution in [2.24, 2.45) is 5.92 Å². The summed E-state index contributed by atoms with van der Waals surface area (Å²) in [6, 6.07) is 6.82. The van der Waals surface area contributed by atoms with Gasteiger partial charge in [-0.3, -0.25) is 19.1 Å². The Morgan fingerprint density at radius 3 is 2.52 bits per heavy atom. The summed E-state index contributed by atoms with van der Waals surface area (Å²) in [6.45, 7) is 5.55. The van der Waals surface area contributed by atoms with E-state index in [0.29, 0.717) is 37.8 Å². The minimum atomic E-state index is -4.03. The highest BCUT2D eigenvalue weighted by Crippen LogP contribution is 2.45. The van der Waals surface area contributed by atoms with Gasteiger partial charge in [-0.15, -0.1) is 0 Å². The third-order valence-corrected chi connectivity index (χ3v) is 8.98. The van der Waals surface area contributed by atoms with E-state index in [-0.39, 0.29) is 24.0 Å². The zero-order valence-corrected chi connectivity index (χ0v) is 25.4. The molecular formula is C30H42N4O7S. The van der Waals surface area contributed by atoms with Crippen molar-refractivity contribution < 1.29 is 32.3 Å². The summed E-state index contributed by atoms with van der Waals surface area (Å²) < 4.78 is 33.3. The lowest BCUT2D eigenvalue weighted by atomic mass is 10.0. The first-order valence-corrected chi connectivity index (χ1v) is 16.3. The Morgan fingerprint density at radius 2 is 1.81 bits per heavy atom. The molecule has 3 N–H and O–H groups in total. The van der Waals surface area contributed by atoms with Crippen molar-refractivity contribution in [3.8, 4) is 0 Å². The van der Waals surface area contributed by atoms with E-state index in [1.54, 1.807) is 51.1 Å². The van der Waals surface area contributed by atoms with Crippen LogP contribution in [-0.2, 0) is 34.9 Å². The molecule has 2 fully saturated rings. The molecule has 2 aliphatic heterocycles. The van der Waals surface area contributed by atoms with E-state index in [1.165, 1.54) is 4.90 Å². The summed E-state index contributed by atoms with van der Waals surface area (Å²) in [5.41, 5.74) is -1.63. The Hall–Kier alpha value is -3.41. The van der Waals surface area contributed by atoms with E-state index in [1.807, 2.05) is 12.2 Å². The van der Waals surface area contributed by atoms with Crippen LogP contribution in [0, 0.1) is 5.92 Å². The summed E-state index contributed by atoms with van der Waals surface area (Å²) in [4.78, 5) is 54.8. The van der Waals surface area contributed by atoms with E-state index < -0.39 is 51.2 Å². The van der Waals surface area contributed by atoms with Crippen LogP contribution in [0.2, 0.25) is 0 Å². The van der Waals surface area contributed by atoms with Crippen LogP contribution in [0.25, 0.3) is 0 Å². The molecule has 11 nitrogen and oxygen atoms in total. The van der Waals surface area contributed by atoms with Crippen LogP contribution < -0.4 is 15.4 Å². The van der Waals surface area contributed by atoms with Gasteiger partial charge in [-0.2, -0.15) is 0 Å². The van der Waals surface area contributed by atoms with E-state index in [9.17, 15) is 27.6 Å². The Balaban J connectivity index is 1.53. The first-order chi connectivity index (χ1) is 19.8. The molecule has 42 heavy (non-hydrogen) atoms. The molecule has 0 spiro atoms. The Labute approximate surface area is 247 Å². The summed E-state index contributed by atoms with van der Waals surface area (Å²) in [5.74, 6) is -2.42. The van der Waals surface area contributed by atoms with E-state index in [2.05, 4.69) is 15.4 Å². The molecule has 4 atom stereocenters. The molecule has 1 aromatic carbocycles. The number of sulfonamides is 1. The van der Waals surface area contributed by atoms with Crippen molar-refractivity contribution in [1.29, 1.82) is 0 Å². The van der Waals surface area contributed by atoms with Gasteiger partial charge in [0.25, 0.3) is 5.91 Å². The number of allylic oxidation sites excluding steroid dienone is 1. The van der Waals surface area contributed by atoms with Crippen LogP contribution in [0.4, 0.5) is 4.79 Å². The minimum absolute atomic E-state index is 0.255. The number of nitrogens with zero attached hydrogens (tertiary/aromatic N) is 1. The van der Waals surface area contributed by atoms with Gasteiger partial charge in [-0.25, -0.2) is 13.2 Å². The highest BCUT2D eigenvalue weighted by molar-refractivity contribution is 7.89. The lowest BCUT2D eigenvalue weighted by molar-refractivity contribution is -0.141. The summed E-state index contributed by atoms with van der Waals surface area (Å²) in [7, 11) is -4.03.